The molecule has 3 heteroatoms. The number of nitrogens with one attached hydrogen (secondary N) is 1. The van der Waals surface area contributed by atoms with E-state index in [1.165, 1.54) is 19.3 Å². The third kappa shape index (κ3) is 3.87. The van der Waals surface area contributed by atoms with Gasteiger partial charge in [0.2, 0.25) is 5.88 Å². The van der Waals surface area contributed by atoms with Gasteiger partial charge in [0.15, 0.2) is 0 Å². The molecule has 0 amide bonds. The van der Waals surface area contributed by atoms with Crippen molar-refractivity contribution in [3.05, 3.63) is 18.3 Å². The van der Waals surface area contributed by atoms with E-state index < -0.39 is 0 Å². The van der Waals surface area contributed by atoms with Crippen LogP contribution in [0.25, 0.3) is 0 Å². The molecule has 0 radical (unpaired) electrons. The summed E-state index contributed by atoms with van der Waals surface area (Å²) >= 11 is 0. The van der Waals surface area contributed by atoms with E-state index in [1.807, 2.05) is 13.0 Å². The molecule has 0 bridgehead atoms. The largest absolute Gasteiger partial charge is 0.476 e. The molecule has 1 N–H and O–H groups in total. The molecule has 1 heterocycles. The van der Waals surface area contributed by atoms with Crippen molar-refractivity contribution < 1.29 is 4.74 Å². The molecular formula is C17H28N2O. The van der Waals surface area contributed by atoms with Gasteiger partial charge in [-0.25, -0.2) is 4.98 Å². The third-order valence-corrected chi connectivity index (χ3v) is 3.97. The summed E-state index contributed by atoms with van der Waals surface area (Å²) < 4.78 is 5.61. The highest BCUT2D eigenvalue weighted by atomic mass is 16.5. The smallest absolute Gasteiger partial charge is 0.237 e. The first kappa shape index (κ1) is 15.1. The van der Waals surface area contributed by atoms with Crippen LogP contribution in [0.2, 0.25) is 0 Å². The van der Waals surface area contributed by atoms with E-state index in [4.69, 9.17) is 4.74 Å². The molecule has 1 aliphatic carbocycles. The number of anilines is 1. The van der Waals surface area contributed by atoms with Crippen molar-refractivity contribution in [2.24, 2.45) is 10.8 Å². The van der Waals surface area contributed by atoms with Gasteiger partial charge >= 0.3 is 0 Å². The van der Waals surface area contributed by atoms with Crippen LogP contribution in [0.4, 0.5) is 5.69 Å². The molecule has 1 fully saturated rings. The normalized spacial score (nSPS) is 21.4. The lowest BCUT2D eigenvalue weighted by atomic mass is 9.63. The van der Waals surface area contributed by atoms with E-state index >= 15 is 0 Å². The number of hydrogen-bond donors (Lipinski definition) is 1. The highest BCUT2D eigenvalue weighted by Crippen LogP contribution is 2.46. The lowest BCUT2D eigenvalue weighted by molar-refractivity contribution is 0.105. The highest BCUT2D eigenvalue weighted by molar-refractivity contribution is 5.52. The van der Waals surface area contributed by atoms with Crippen molar-refractivity contribution in [2.45, 2.75) is 59.9 Å². The first-order valence-electron chi connectivity index (χ1n) is 7.66. The number of aromatic nitrogens is 1. The summed E-state index contributed by atoms with van der Waals surface area (Å²) in [6, 6.07) is 4.51. The Morgan fingerprint density at radius 3 is 2.50 bits per heavy atom. The molecule has 0 unspecified atom stereocenters. The predicted octanol–water partition coefficient (Wildman–Crippen LogP) is 4.50. The molecule has 112 valence electrons. The van der Waals surface area contributed by atoms with Crippen molar-refractivity contribution >= 4 is 5.69 Å². The average Bonchev–Trinajstić information content (AvgIpc) is 2.27. The van der Waals surface area contributed by atoms with Gasteiger partial charge < -0.3 is 10.1 Å². The van der Waals surface area contributed by atoms with Crippen molar-refractivity contribution in [2.75, 3.05) is 11.9 Å². The zero-order valence-electron chi connectivity index (χ0n) is 13.5. The lowest BCUT2D eigenvalue weighted by Gasteiger charge is -2.45. The third-order valence-electron chi connectivity index (χ3n) is 3.97. The van der Waals surface area contributed by atoms with E-state index in [9.17, 15) is 0 Å². The van der Waals surface area contributed by atoms with Crippen LogP contribution in [-0.4, -0.2) is 17.6 Å². The Morgan fingerprint density at radius 2 is 1.90 bits per heavy atom. The number of pyridine rings is 1. The van der Waals surface area contributed by atoms with Gasteiger partial charge in [0, 0.05) is 12.2 Å². The van der Waals surface area contributed by atoms with Gasteiger partial charge in [0.1, 0.15) is 0 Å². The standard InChI is InChI=1S/C17H28N2O/c1-6-20-15-14(8-7-9-18-15)19-13-10-16(2,3)12-17(4,5)11-13/h7-9,13,19H,6,10-12H2,1-5H3. The first-order chi connectivity index (χ1) is 9.31. The average molecular weight is 276 g/mol. The van der Waals surface area contributed by atoms with Crippen molar-refractivity contribution in [1.29, 1.82) is 0 Å². The maximum Gasteiger partial charge on any atom is 0.237 e. The Bertz CT molecular complexity index is 438. The summed E-state index contributed by atoms with van der Waals surface area (Å²) in [6.07, 6.45) is 5.45. The zero-order valence-corrected chi connectivity index (χ0v) is 13.5. The van der Waals surface area contributed by atoms with Crippen LogP contribution in [0.15, 0.2) is 18.3 Å². The van der Waals surface area contributed by atoms with E-state index in [-0.39, 0.29) is 0 Å². The number of ether oxygens (including phenoxy) is 1. The fourth-order valence-corrected chi connectivity index (χ4v) is 3.92. The second kappa shape index (κ2) is 5.63. The molecule has 20 heavy (non-hydrogen) atoms. The summed E-state index contributed by atoms with van der Waals surface area (Å²) in [7, 11) is 0. The maximum atomic E-state index is 5.61. The van der Waals surface area contributed by atoms with Gasteiger partial charge in [-0.05, 0) is 49.1 Å². The molecule has 0 spiro atoms. The Balaban J connectivity index is 2.13. The molecule has 0 aliphatic heterocycles. The summed E-state index contributed by atoms with van der Waals surface area (Å²) in [5.74, 6) is 0.719. The Kier molecular flexibility index (Phi) is 4.26. The molecule has 0 aromatic carbocycles. The fourth-order valence-electron chi connectivity index (χ4n) is 3.92. The topological polar surface area (TPSA) is 34.1 Å². The van der Waals surface area contributed by atoms with E-state index in [1.54, 1.807) is 6.20 Å². The molecular weight excluding hydrogens is 248 g/mol. The summed E-state index contributed by atoms with van der Waals surface area (Å²) in [5.41, 5.74) is 1.79. The second-order valence-corrected chi connectivity index (χ2v) is 7.54. The first-order valence-corrected chi connectivity index (χ1v) is 7.66. The second-order valence-electron chi connectivity index (χ2n) is 7.54. The van der Waals surface area contributed by atoms with Crippen LogP contribution >= 0.6 is 0 Å². The molecule has 1 aromatic heterocycles. The lowest BCUT2D eigenvalue weighted by Crippen LogP contribution is -2.40. The molecule has 2 rings (SSSR count). The molecule has 0 atom stereocenters. The molecule has 1 saturated carbocycles. The molecule has 3 nitrogen and oxygen atoms in total. The predicted molar refractivity (Wildman–Crippen MR) is 84.2 cm³/mol. The molecule has 1 aliphatic rings. The van der Waals surface area contributed by atoms with Crippen LogP contribution < -0.4 is 10.1 Å². The van der Waals surface area contributed by atoms with Gasteiger partial charge in [0.05, 0.1) is 12.3 Å². The van der Waals surface area contributed by atoms with E-state index in [0.717, 1.165) is 11.6 Å². The van der Waals surface area contributed by atoms with Crippen LogP contribution in [0.1, 0.15) is 53.9 Å². The van der Waals surface area contributed by atoms with Crippen molar-refractivity contribution in [1.82, 2.24) is 4.98 Å². The van der Waals surface area contributed by atoms with Crippen LogP contribution in [0.3, 0.4) is 0 Å². The number of nitrogens with zero attached hydrogens (tertiary/aromatic N) is 1. The van der Waals surface area contributed by atoms with Crippen LogP contribution in [0, 0.1) is 10.8 Å². The van der Waals surface area contributed by atoms with Crippen LogP contribution in [-0.2, 0) is 0 Å². The summed E-state index contributed by atoms with van der Waals surface area (Å²) in [4.78, 5) is 4.32. The van der Waals surface area contributed by atoms with Gasteiger partial charge in [-0.1, -0.05) is 27.7 Å². The summed E-state index contributed by atoms with van der Waals surface area (Å²) in [5, 5.41) is 3.66. The minimum Gasteiger partial charge on any atom is -0.476 e. The van der Waals surface area contributed by atoms with Crippen molar-refractivity contribution in [3.63, 3.8) is 0 Å². The summed E-state index contributed by atoms with van der Waals surface area (Å²) in [6.45, 7) is 12.1. The van der Waals surface area contributed by atoms with E-state index in [2.05, 4.69) is 44.1 Å². The number of hydrogen-bond acceptors (Lipinski definition) is 3. The van der Waals surface area contributed by atoms with Crippen LogP contribution in [0.5, 0.6) is 5.88 Å². The zero-order chi connectivity index (χ0) is 14.8. The minimum absolute atomic E-state index is 0.382. The Hall–Kier alpha value is -1.25. The minimum atomic E-state index is 0.382. The van der Waals surface area contributed by atoms with Gasteiger partial charge in [-0.15, -0.1) is 0 Å². The fraction of sp³-hybridized carbons (Fsp3) is 0.706. The van der Waals surface area contributed by atoms with Gasteiger partial charge in [-0.3, -0.25) is 0 Å². The highest BCUT2D eigenvalue weighted by Gasteiger charge is 2.38. The monoisotopic (exact) mass is 276 g/mol. The molecule has 1 aromatic rings. The Morgan fingerprint density at radius 1 is 1.25 bits per heavy atom. The van der Waals surface area contributed by atoms with E-state index in [0.29, 0.717) is 23.5 Å². The number of rotatable bonds is 4. The SMILES string of the molecule is CCOc1ncccc1NC1CC(C)(C)CC(C)(C)C1. The Labute approximate surface area is 123 Å². The maximum absolute atomic E-state index is 5.61. The van der Waals surface area contributed by atoms with Gasteiger partial charge in [0.25, 0.3) is 0 Å². The quantitative estimate of drug-likeness (QED) is 0.879. The molecule has 0 saturated heterocycles. The van der Waals surface area contributed by atoms with Gasteiger partial charge in [-0.2, -0.15) is 0 Å². The van der Waals surface area contributed by atoms with Crippen molar-refractivity contribution in [3.8, 4) is 5.88 Å².